The number of nitrogens with zero attached hydrogens (tertiary/aromatic N) is 3. The molecular weight excluding hydrogens is 196 g/mol. The van der Waals surface area contributed by atoms with Crippen LogP contribution in [-0.4, -0.2) is 41.8 Å². The number of nitrogens with one attached hydrogen (secondary N) is 1. The maximum atomic E-state index is 5.05. The third kappa shape index (κ3) is 3.58. The Balaban J connectivity index is 2.31. The van der Waals surface area contributed by atoms with Gasteiger partial charge < -0.3 is 19.4 Å². The minimum Gasteiger partial charge on any atom is -0.355 e. The highest BCUT2D eigenvalue weighted by Crippen LogP contribution is 1.95. The maximum Gasteiger partial charge on any atom is 0.169 e. The Morgan fingerprint density at radius 1 is 1.47 bits per heavy atom. The van der Waals surface area contributed by atoms with Crippen molar-refractivity contribution < 1.29 is 9.47 Å². The van der Waals surface area contributed by atoms with Gasteiger partial charge in [0.25, 0.3) is 0 Å². The molecule has 15 heavy (non-hydrogen) atoms. The summed E-state index contributed by atoms with van der Waals surface area (Å²) in [6.07, 6.45) is 1.50. The molecule has 0 radical (unpaired) electrons. The Kier molecular flexibility index (Phi) is 5.23. The van der Waals surface area contributed by atoms with Gasteiger partial charge in [-0.15, -0.1) is 10.2 Å². The van der Waals surface area contributed by atoms with Crippen LogP contribution in [0.15, 0.2) is 6.33 Å². The summed E-state index contributed by atoms with van der Waals surface area (Å²) in [5.41, 5.74) is 0. The Morgan fingerprint density at radius 3 is 2.80 bits per heavy atom. The van der Waals surface area contributed by atoms with Gasteiger partial charge in [-0.25, -0.2) is 0 Å². The first kappa shape index (κ1) is 12.1. The topological polar surface area (TPSA) is 61.2 Å². The van der Waals surface area contributed by atoms with Crippen LogP contribution in [0.1, 0.15) is 12.7 Å². The smallest absolute Gasteiger partial charge is 0.169 e. The predicted octanol–water partition coefficient (Wildman–Crippen LogP) is 0.00650. The van der Waals surface area contributed by atoms with E-state index in [1.807, 2.05) is 4.57 Å². The number of rotatable bonds is 7. The molecule has 0 fully saturated rings. The summed E-state index contributed by atoms with van der Waals surface area (Å²) < 4.78 is 12.1. The molecule has 0 unspecified atom stereocenters. The Labute approximate surface area is 89.6 Å². The molecule has 1 N–H and O–H groups in total. The van der Waals surface area contributed by atoms with Crippen LogP contribution in [0.2, 0.25) is 0 Å². The van der Waals surface area contributed by atoms with E-state index in [1.54, 1.807) is 20.5 Å². The van der Waals surface area contributed by atoms with E-state index in [9.17, 15) is 0 Å². The van der Waals surface area contributed by atoms with Crippen LogP contribution in [0.3, 0.4) is 0 Å². The lowest BCUT2D eigenvalue weighted by Gasteiger charge is -2.13. The molecule has 6 nitrogen and oxygen atoms in total. The fourth-order valence-corrected chi connectivity index (χ4v) is 1.24. The number of aromatic nitrogens is 3. The van der Waals surface area contributed by atoms with Gasteiger partial charge in [-0.2, -0.15) is 0 Å². The summed E-state index contributed by atoms with van der Waals surface area (Å²) in [6, 6.07) is 0. The molecule has 0 aromatic carbocycles. The van der Waals surface area contributed by atoms with E-state index in [0.717, 1.165) is 12.4 Å². The molecule has 0 amide bonds. The van der Waals surface area contributed by atoms with E-state index in [-0.39, 0.29) is 6.29 Å². The standard InChI is InChI=1S/C9H18N4O2/c1-4-13-7-11-12-8(13)5-10-6-9(14-2)15-3/h7,9-10H,4-6H2,1-3H3. The number of aryl methyl sites for hydroxylation is 1. The van der Waals surface area contributed by atoms with Crippen molar-refractivity contribution in [2.45, 2.75) is 26.3 Å². The van der Waals surface area contributed by atoms with Crippen molar-refractivity contribution in [3.8, 4) is 0 Å². The summed E-state index contributed by atoms with van der Waals surface area (Å²) in [7, 11) is 3.23. The normalized spacial score (nSPS) is 11.2. The molecule has 1 rings (SSSR count). The summed E-state index contributed by atoms with van der Waals surface area (Å²) in [5, 5.41) is 11.0. The highest BCUT2D eigenvalue weighted by molar-refractivity contribution is 4.84. The quantitative estimate of drug-likeness (QED) is 0.648. The van der Waals surface area contributed by atoms with E-state index in [4.69, 9.17) is 9.47 Å². The molecule has 1 aromatic heterocycles. The lowest BCUT2D eigenvalue weighted by molar-refractivity contribution is -0.0989. The Hall–Kier alpha value is -0.980. The highest BCUT2D eigenvalue weighted by atomic mass is 16.7. The second-order valence-corrected chi connectivity index (χ2v) is 3.07. The molecule has 0 saturated heterocycles. The van der Waals surface area contributed by atoms with Crippen LogP contribution >= 0.6 is 0 Å². The number of methoxy groups -OCH3 is 2. The monoisotopic (exact) mass is 214 g/mol. The van der Waals surface area contributed by atoms with Crippen LogP contribution in [0, 0.1) is 0 Å². The van der Waals surface area contributed by atoms with Crippen LogP contribution in [-0.2, 0) is 22.6 Å². The van der Waals surface area contributed by atoms with Gasteiger partial charge in [-0.05, 0) is 6.92 Å². The fraction of sp³-hybridized carbons (Fsp3) is 0.778. The van der Waals surface area contributed by atoms with Crippen molar-refractivity contribution in [1.82, 2.24) is 20.1 Å². The first-order valence-corrected chi connectivity index (χ1v) is 4.94. The number of ether oxygens (including phenoxy) is 2. The van der Waals surface area contributed by atoms with E-state index in [0.29, 0.717) is 13.1 Å². The molecule has 6 heteroatoms. The van der Waals surface area contributed by atoms with Gasteiger partial charge in [0.05, 0.1) is 6.54 Å². The molecule has 0 atom stereocenters. The van der Waals surface area contributed by atoms with Crippen LogP contribution in [0.5, 0.6) is 0 Å². The molecule has 1 aromatic rings. The molecule has 0 saturated carbocycles. The Bertz CT molecular complexity index is 273. The second kappa shape index (κ2) is 6.49. The van der Waals surface area contributed by atoms with E-state index in [1.165, 1.54) is 0 Å². The molecule has 0 bridgehead atoms. The molecular formula is C9H18N4O2. The summed E-state index contributed by atoms with van der Waals surface area (Å²) in [6.45, 7) is 4.22. The van der Waals surface area contributed by atoms with Gasteiger partial charge in [0.2, 0.25) is 0 Å². The van der Waals surface area contributed by atoms with Crippen molar-refractivity contribution in [2.24, 2.45) is 0 Å². The second-order valence-electron chi connectivity index (χ2n) is 3.07. The van der Waals surface area contributed by atoms with Crippen molar-refractivity contribution in [1.29, 1.82) is 0 Å². The van der Waals surface area contributed by atoms with Gasteiger partial charge in [-0.1, -0.05) is 0 Å². The highest BCUT2D eigenvalue weighted by Gasteiger charge is 2.06. The van der Waals surface area contributed by atoms with Crippen molar-refractivity contribution in [3.63, 3.8) is 0 Å². The summed E-state index contributed by atoms with van der Waals surface area (Å²) >= 11 is 0. The zero-order valence-corrected chi connectivity index (χ0v) is 9.43. The molecule has 1 heterocycles. The summed E-state index contributed by atoms with van der Waals surface area (Å²) in [5.74, 6) is 0.920. The Morgan fingerprint density at radius 2 is 2.20 bits per heavy atom. The molecule has 0 aliphatic carbocycles. The third-order valence-corrected chi connectivity index (χ3v) is 2.16. The van der Waals surface area contributed by atoms with Crippen LogP contribution < -0.4 is 5.32 Å². The molecule has 0 spiro atoms. The first-order valence-electron chi connectivity index (χ1n) is 4.94. The van der Waals surface area contributed by atoms with E-state index < -0.39 is 0 Å². The summed E-state index contributed by atoms with van der Waals surface area (Å²) in [4.78, 5) is 0. The van der Waals surface area contributed by atoms with Gasteiger partial charge in [0, 0.05) is 27.3 Å². The van der Waals surface area contributed by atoms with Gasteiger partial charge in [0.1, 0.15) is 12.2 Å². The van der Waals surface area contributed by atoms with Crippen molar-refractivity contribution >= 4 is 0 Å². The van der Waals surface area contributed by atoms with Crippen LogP contribution in [0.4, 0.5) is 0 Å². The van der Waals surface area contributed by atoms with Crippen molar-refractivity contribution in [3.05, 3.63) is 12.2 Å². The first-order chi connectivity index (χ1) is 7.31. The fourth-order valence-electron chi connectivity index (χ4n) is 1.24. The molecule has 86 valence electrons. The number of hydrogen-bond donors (Lipinski definition) is 1. The van der Waals surface area contributed by atoms with E-state index in [2.05, 4.69) is 22.4 Å². The average molecular weight is 214 g/mol. The van der Waals surface area contributed by atoms with Gasteiger partial charge in [-0.3, -0.25) is 0 Å². The molecule has 0 aliphatic rings. The zero-order valence-electron chi connectivity index (χ0n) is 9.43. The average Bonchev–Trinajstić information content (AvgIpc) is 2.72. The lowest BCUT2D eigenvalue weighted by atomic mass is 10.5. The minimum absolute atomic E-state index is 0.219. The van der Waals surface area contributed by atoms with Gasteiger partial charge in [0.15, 0.2) is 6.29 Å². The number of hydrogen-bond acceptors (Lipinski definition) is 5. The van der Waals surface area contributed by atoms with Crippen molar-refractivity contribution in [2.75, 3.05) is 20.8 Å². The maximum absolute atomic E-state index is 5.05. The predicted molar refractivity (Wildman–Crippen MR) is 55.2 cm³/mol. The lowest BCUT2D eigenvalue weighted by Crippen LogP contribution is -2.30. The molecule has 0 aliphatic heterocycles. The van der Waals surface area contributed by atoms with Gasteiger partial charge >= 0.3 is 0 Å². The van der Waals surface area contributed by atoms with E-state index >= 15 is 0 Å². The van der Waals surface area contributed by atoms with Crippen LogP contribution in [0.25, 0.3) is 0 Å². The largest absolute Gasteiger partial charge is 0.355 e. The minimum atomic E-state index is -0.219. The zero-order chi connectivity index (χ0) is 11.1. The third-order valence-electron chi connectivity index (χ3n) is 2.16. The SMILES string of the molecule is CCn1cnnc1CNCC(OC)OC.